The number of Topliss-reactive ketones (excluding diaryl/α,β-unsaturated/α-hetero) is 1. The summed E-state index contributed by atoms with van der Waals surface area (Å²) in [7, 11) is 0. The number of rotatable bonds is 7. The Morgan fingerprint density at radius 1 is 1.17 bits per heavy atom. The van der Waals surface area contributed by atoms with Gasteiger partial charge in [-0.2, -0.15) is 0 Å². The molecule has 0 radical (unpaired) electrons. The molecule has 0 spiro atoms. The highest BCUT2D eigenvalue weighted by atomic mass is 35.5. The third kappa shape index (κ3) is 4.51. The van der Waals surface area contributed by atoms with E-state index >= 15 is 0 Å². The SMILES string of the molecule is CCCN1C(=O)C(=O)/C(=C(\O)c2cccc(OCC(C)C)c2)C1c1ccc(Cl)cc1. The summed E-state index contributed by atoms with van der Waals surface area (Å²) in [5.41, 5.74) is 1.24. The Balaban J connectivity index is 2.08. The maximum atomic E-state index is 12.9. The van der Waals surface area contributed by atoms with Gasteiger partial charge in [0, 0.05) is 17.1 Å². The van der Waals surface area contributed by atoms with Gasteiger partial charge in [-0.25, -0.2) is 0 Å². The lowest BCUT2D eigenvalue weighted by atomic mass is 9.95. The molecule has 1 N–H and O–H groups in total. The molecule has 0 aromatic heterocycles. The number of ketones is 1. The number of aliphatic hydroxyl groups is 1. The van der Waals surface area contributed by atoms with Crippen molar-refractivity contribution in [3.05, 3.63) is 70.3 Å². The molecule has 0 aliphatic carbocycles. The molecule has 1 atom stereocenters. The molecule has 1 amide bonds. The van der Waals surface area contributed by atoms with Gasteiger partial charge in [0.2, 0.25) is 0 Å². The summed E-state index contributed by atoms with van der Waals surface area (Å²) < 4.78 is 5.74. The van der Waals surface area contributed by atoms with Gasteiger partial charge in [-0.05, 0) is 42.2 Å². The number of likely N-dealkylation sites (tertiary alicyclic amines) is 1. The van der Waals surface area contributed by atoms with E-state index in [2.05, 4.69) is 0 Å². The van der Waals surface area contributed by atoms with Crippen molar-refractivity contribution >= 4 is 29.1 Å². The van der Waals surface area contributed by atoms with Crippen molar-refractivity contribution < 1.29 is 19.4 Å². The van der Waals surface area contributed by atoms with Crippen molar-refractivity contribution in [3.63, 3.8) is 0 Å². The van der Waals surface area contributed by atoms with Crippen molar-refractivity contribution in [1.82, 2.24) is 4.90 Å². The van der Waals surface area contributed by atoms with Crippen molar-refractivity contribution in [3.8, 4) is 5.75 Å². The number of hydrogen-bond donors (Lipinski definition) is 1. The topological polar surface area (TPSA) is 66.8 Å². The van der Waals surface area contributed by atoms with Gasteiger partial charge >= 0.3 is 0 Å². The number of benzene rings is 2. The highest BCUT2D eigenvalue weighted by molar-refractivity contribution is 6.46. The molecule has 158 valence electrons. The Kier molecular flexibility index (Phi) is 6.83. The molecule has 30 heavy (non-hydrogen) atoms. The molecule has 2 aromatic rings. The second kappa shape index (κ2) is 9.35. The summed E-state index contributed by atoms with van der Waals surface area (Å²) in [6.07, 6.45) is 0.690. The number of hydrogen-bond acceptors (Lipinski definition) is 4. The van der Waals surface area contributed by atoms with Crippen LogP contribution in [0, 0.1) is 5.92 Å². The van der Waals surface area contributed by atoms with Crippen LogP contribution in [0.25, 0.3) is 5.76 Å². The van der Waals surface area contributed by atoms with Gasteiger partial charge in [-0.1, -0.05) is 56.6 Å². The third-order valence-corrected chi connectivity index (χ3v) is 5.13. The number of ether oxygens (including phenoxy) is 1. The fourth-order valence-corrected chi connectivity index (χ4v) is 3.62. The zero-order valence-corrected chi connectivity index (χ0v) is 18.1. The lowest BCUT2D eigenvalue weighted by Gasteiger charge is -2.25. The summed E-state index contributed by atoms with van der Waals surface area (Å²) in [5, 5.41) is 11.6. The lowest BCUT2D eigenvalue weighted by molar-refractivity contribution is -0.139. The predicted molar refractivity (Wildman–Crippen MR) is 118 cm³/mol. The van der Waals surface area contributed by atoms with Crippen LogP contribution >= 0.6 is 11.6 Å². The Bertz CT molecular complexity index is 965. The van der Waals surface area contributed by atoms with Crippen LogP contribution in [0.5, 0.6) is 5.75 Å². The first-order valence-corrected chi connectivity index (χ1v) is 10.5. The molecule has 5 nitrogen and oxygen atoms in total. The van der Waals surface area contributed by atoms with E-state index in [1.165, 1.54) is 4.90 Å². The molecule has 0 bridgehead atoms. The minimum absolute atomic E-state index is 0.0804. The molecule has 1 aliphatic rings. The van der Waals surface area contributed by atoms with E-state index in [4.69, 9.17) is 16.3 Å². The van der Waals surface area contributed by atoms with Crippen LogP contribution < -0.4 is 4.74 Å². The van der Waals surface area contributed by atoms with E-state index in [0.717, 1.165) is 5.56 Å². The molecule has 2 aromatic carbocycles. The zero-order valence-electron chi connectivity index (χ0n) is 17.4. The van der Waals surface area contributed by atoms with Crippen molar-refractivity contribution in [2.45, 2.75) is 33.2 Å². The number of nitrogens with zero attached hydrogens (tertiary/aromatic N) is 1. The van der Waals surface area contributed by atoms with Gasteiger partial charge in [0.1, 0.15) is 11.5 Å². The van der Waals surface area contributed by atoms with Gasteiger partial charge in [0.25, 0.3) is 11.7 Å². The summed E-state index contributed by atoms with van der Waals surface area (Å²) in [4.78, 5) is 27.1. The maximum absolute atomic E-state index is 12.9. The molecule has 1 aliphatic heterocycles. The summed E-state index contributed by atoms with van der Waals surface area (Å²) in [5.74, 6) is -0.549. The molecule has 1 unspecified atom stereocenters. The Labute approximate surface area is 181 Å². The van der Waals surface area contributed by atoms with Gasteiger partial charge in [0.05, 0.1) is 18.2 Å². The number of aliphatic hydroxyl groups excluding tert-OH is 1. The fourth-order valence-electron chi connectivity index (χ4n) is 3.49. The Hall–Kier alpha value is -2.79. The second-order valence-electron chi connectivity index (χ2n) is 7.78. The number of amides is 1. The Morgan fingerprint density at radius 3 is 2.50 bits per heavy atom. The van der Waals surface area contributed by atoms with Gasteiger partial charge in [-0.3, -0.25) is 9.59 Å². The van der Waals surface area contributed by atoms with Crippen LogP contribution in [0.3, 0.4) is 0 Å². The van der Waals surface area contributed by atoms with Crippen LogP contribution in [0.15, 0.2) is 54.1 Å². The lowest BCUT2D eigenvalue weighted by Crippen LogP contribution is -2.30. The van der Waals surface area contributed by atoms with Crippen LogP contribution in [-0.4, -0.2) is 34.8 Å². The highest BCUT2D eigenvalue weighted by Gasteiger charge is 2.45. The first-order chi connectivity index (χ1) is 14.3. The molecule has 1 fully saturated rings. The third-order valence-electron chi connectivity index (χ3n) is 4.88. The fraction of sp³-hybridized carbons (Fsp3) is 0.333. The van der Waals surface area contributed by atoms with E-state index in [0.29, 0.717) is 41.8 Å². The molecular weight excluding hydrogens is 402 g/mol. The van der Waals surface area contributed by atoms with Crippen LogP contribution in [-0.2, 0) is 9.59 Å². The van der Waals surface area contributed by atoms with Crippen molar-refractivity contribution in [1.29, 1.82) is 0 Å². The normalized spacial score (nSPS) is 18.3. The van der Waals surface area contributed by atoms with E-state index in [1.807, 2.05) is 20.8 Å². The number of carbonyl (C=O) groups excluding carboxylic acids is 2. The molecule has 0 saturated carbocycles. The first kappa shape index (κ1) is 21.9. The quantitative estimate of drug-likeness (QED) is 0.374. The molecule has 3 rings (SSSR count). The van der Waals surface area contributed by atoms with Crippen molar-refractivity contribution in [2.75, 3.05) is 13.2 Å². The van der Waals surface area contributed by atoms with E-state index in [-0.39, 0.29) is 11.3 Å². The summed E-state index contributed by atoms with van der Waals surface area (Å²) in [6, 6.07) is 13.2. The highest BCUT2D eigenvalue weighted by Crippen LogP contribution is 2.40. The van der Waals surface area contributed by atoms with Crippen molar-refractivity contribution in [2.24, 2.45) is 5.92 Å². The average Bonchev–Trinajstić information content (AvgIpc) is 2.98. The molecule has 6 heteroatoms. The minimum atomic E-state index is -0.686. The van der Waals surface area contributed by atoms with E-state index < -0.39 is 17.7 Å². The maximum Gasteiger partial charge on any atom is 0.295 e. The summed E-state index contributed by atoms with van der Waals surface area (Å²) in [6.45, 7) is 6.98. The van der Waals surface area contributed by atoms with E-state index in [9.17, 15) is 14.7 Å². The molecule has 1 heterocycles. The number of halogens is 1. The number of carbonyl (C=O) groups is 2. The second-order valence-corrected chi connectivity index (χ2v) is 8.21. The predicted octanol–water partition coefficient (Wildman–Crippen LogP) is 5.21. The summed E-state index contributed by atoms with van der Waals surface area (Å²) >= 11 is 6.01. The van der Waals surface area contributed by atoms with Gasteiger partial charge in [-0.15, -0.1) is 0 Å². The standard InChI is InChI=1S/C24H26ClNO4/c1-4-12-26-21(16-8-10-18(25)11-9-16)20(23(28)24(26)29)22(27)17-6-5-7-19(13-17)30-14-15(2)3/h5-11,13,15,21,27H,4,12,14H2,1-3H3/b22-20-. The Morgan fingerprint density at radius 2 is 1.87 bits per heavy atom. The average molecular weight is 428 g/mol. The van der Waals surface area contributed by atoms with Gasteiger partial charge in [0.15, 0.2) is 0 Å². The van der Waals surface area contributed by atoms with E-state index in [1.54, 1.807) is 48.5 Å². The van der Waals surface area contributed by atoms with Gasteiger partial charge < -0.3 is 14.7 Å². The smallest absolute Gasteiger partial charge is 0.295 e. The zero-order chi connectivity index (χ0) is 21.8. The van der Waals surface area contributed by atoms with Crippen LogP contribution in [0.4, 0.5) is 0 Å². The first-order valence-electron chi connectivity index (χ1n) is 10.1. The monoisotopic (exact) mass is 427 g/mol. The molecule has 1 saturated heterocycles. The largest absolute Gasteiger partial charge is 0.507 e. The minimum Gasteiger partial charge on any atom is -0.507 e. The van der Waals surface area contributed by atoms with Crippen LogP contribution in [0.2, 0.25) is 5.02 Å². The van der Waals surface area contributed by atoms with Crippen LogP contribution in [0.1, 0.15) is 44.4 Å². The molecular formula is C24H26ClNO4.